The molecule has 2 aromatic rings. The van der Waals surface area contributed by atoms with Gasteiger partial charge in [-0.25, -0.2) is 0 Å². The molecule has 2 N–H and O–H groups in total. The van der Waals surface area contributed by atoms with Gasteiger partial charge in [0.2, 0.25) is 0 Å². The summed E-state index contributed by atoms with van der Waals surface area (Å²) < 4.78 is 0. The second kappa shape index (κ2) is 6.84. The van der Waals surface area contributed by atoms with Gasteiger partial charge < -0.3 is 5.73 Å². The van der Waals surface area contributed by atoms with Crippen molar-refractivity contribution in [2.45, 2.75) is 19.5 Å². The second-order valence-corrected chi connectivity index (χ2v) is 5.47. The molecule has 0 saturated carbocycles. The summed E-state index contributed by atoms with van der Waals surface area (Å²) in [6.45, 7) is 3.45. The van der Waals surface area contributed by atoms with Crippen LogP contribution in [-0.2, 0) is 6.54 Å². The molecule has 0 aliphatic rings. The highest BCUT2D eigenvalue weighted by atomic mass is 35.5. The quantitative estimate of drug-likeness (QED) is 0.919. The minimum absolute atomic E-state index is 0.155. The van der Waals surface area contributed by atoms with E-state index in [1.54, 1.807) is 0 Å². The number of aryl methyl sites for hydroxylation is 1. The van der Waals surface area contributed by atoms with Crippen LogP contribution in [0.1, 0.15) is 22.7 Å². The van der Waals surface area contributed by atoms with Crippen molar-refractivity contribution in [3.63, 3.8) is 0 Å². The maximum atomic E-state index is 6.03. The first kappa shape index (κ1) is 15.0. The zero-order valence-electron chi connectivity index (χ0n) is 11.9. The Bertz CT molecular complexity index is 571. The second-order valence-electron chi connectivity index (χ2n) is 5.03. The van der Waals surface area contributed by atoms with Crippen LogP contribution < -0.4 is 5.73 Å². The fourth-order valence-electron chi connectivity index (χ4n) is 2.40. The van der Waals surface area contributed by atoms with Crippen molar-refractivity contribution in [2.24, 2.45) is 5.73 Å². The third kappa shape index (κ3) is 3.57. The molecule has 1 heterocycles. The number of nitrogens with two attached hydrogens (primary N) is 1. The van der Waals surface area contributed by atoms with Crippen LogP contribution in [0.2, 0.25) is 5.02 Å². The molecule has 1 aromatic carbocycles. The first-order chi connectivity index (χ1) is 9.61. The summed E-state index contributed by atoms with van der Waals surface area (Å²) >= 11 is 6.03. The van der Waals surface area contributed by atoms with E-state index in [0.717, 1.165) is 11.6 Å². The third-order valence-electron chi connectivity index (χ3n) is 3.51. The van der Waals surface area contributed by atoms with Crippen LogP contribution in [0.15, 0.2) is 42.7 Å². The normalized spacial score (nSPS) is 12.7. The van der Waals surface area contributed by atoms with Gasteiger partial charge in [-0.05, 0) is 48.9 Å². The first-order valence-corrected chi connectivity index (χ1v) is 7.05. The molecule has 3 nitrogen and oxygen atoms in total. The summed E-state index contributed by atoms with van der Waals surface area (Å²) in [6.07, 6.45) is 3.71. The summed E-state index contributed by atoms with van der Waals surface area (Å²) in [5, 5.41) is 0.762. The van der Waals surface area contributed by atoms with Gasteiger partial charge in [0.05, 0.1) is 0 Å². The molecular formula is C16H20ClN3. The molecule has 0 aliphatic heterocycles. The van der Waals surface area contributed by atoms with Crippen LogP contribution in [0.25, 0.3) is 0 Å². The van der Waals surface area contributed by atoms with Gasteiger partial charge in [-0.1, -0.05) is 23.7 Å². The van der Waals surface area contributed by atoms with E-state index in [2.05, 4.69) is 29.9 Å². The van der Waals surface area contributed by atoms with Gasteiger partial charge in [0.25, 0.3) is 0 Å². The standard InChI is InChI=1S/C16H20ClN3/c1-12-6-7-19-10-15(12)16(9-18)20(2)11-13-4-3-5-14(17)8-13/h3-8,10,16H,9,11,18H2,1-2H3. The number of rotatable bonds is 5. The highest BCUT2D eigenvalue weighted by molar-refractivity contribution is 6.30. The Kier molecular flexibility index (Phi) is 5.12. The fourth-order valence-corrected chi connectivity index (χ4v) is 2.62. The van der Waals surface area contributed by atoms with E-state index < -0.39 is 0 Å². The zero-order chi connectivity index (χ0) is 14.5. The monoisotopic (exact) mass is 289 g/mol. The molecule has 0 bridgehead atoms. The zero-order valence-corrected chi connectivity index (χ0v) is 12.6. The lowest BCUT2D eigenvalue weighted by molar-refractivity contribution is 0.240. The largest absolute Gasteiger partial charge is 0.329 e. The van der Waals surface area contributed by atoms with Crippen molar-refractivity contribution < 1.29 is 0 Å². The predicted molar refractivity (Wildman–Crippen MR) is 83.7 cm³/mol. The van der Waals surface area contributed by atoms with Crippen LogP contribution in [-0.4, -0.2) is 23.5 Å². The number of hydrogen-bond donors (Lipinski definition) is 1. The molecule has 4 heteroatoms. The molecule has 1 atom stereocenters. The Balaban J connectivity index is 2.18. The van der Waals surface area contributed by atoms with Gasteiger partial charge in [0.1, 0.15) is 0 Å². The van der Waals surface area contributed by atoms with Crippen LogP contribution in [0.3, 0.4) is 0 Å². The molecule has 1 aromatic heterocycles. The Morgan fingerprint density at radius 3 is 2.80 bits per heavy atom. The number of aromatic nitrogens is 1. The van der Waals surface area contributed by atoms with Crippen molar-refractivity contribution in [1.29, 1.82) is 0 Å². The van der Waals surface area contributed by atoms with Crippen LogP contribution in [0, 0.1) is 6.92 Å². The number of pyridine rings is 1. The Morgan fingerprint density at radius 1 is 1.35 bits per heavy atom. The molecule has 0 fully saturated rings. The number of benzene rings is 1. The van der Waals surface area contributed by atoms with Crippen LogP contribution >= 0.6 is 11.6 Å². The van der Waals surface area contributed by atoms with Gasteiger partial charge >= 0.3 is 0 Å². The van der Waals surface area contributed by atoms with E-state index in [-0.39, 0.29) is 6.04 Å². The number of likely N-dealkylation sites (N-methyl/N-ethyl adjacent to an activating group) is 1. The summed E-state index contributed by atoms with van der Waals surface area (Å²) in [5.41, 5.74) is 9.54. The maximum Gasteiger partial charge on any atom is 0.0488 e. The average Bonchev–Trinajstić information content (AvgIpc) is 2.41. The molecule has 0 saturated heterocycles. The predicted octanol–water partition coefficient (Wildman–Crippen LogP) is 3.18. The Hall–Kier alpha value is -1.42. The first-order valence-electron chi connectivity index (χ1n) is 6.67. The lowest BCUT2D eigenvalue weighted by Crippen LogP contribution is -2.30. The van der Waals surface area contributed by atoms with Gasteiger partial charge in [-0.15, -0.1) is 0 Å². The van der Waals surface area contributed by atoms with Crippen molar-refractivity contribution in [3.8, 4) is 0 Å². The van der Waals surface area contributed by atoms with E-state index in [1.165, 1.54) is 16.7 Å². The minimum atomic E-state index is 0.155. The van der Waals surface area contributed by atoms with Gasteiger partial charge in [-0.2, -0.15) is 0 Å². The average molecular weight is 290 g/mol. The summed E-state index contributed by atoms with van der Waals surface area (Å²) in [6, 6.07) is 10.1. The molecule has 0 spiro atoms. The maximum absolute atomic E-state index is 6.03. The lowest BCUT2D eigenvalue weighted by atomic mass is 10.0. The Labute approximate surface area is 125 Å². The summed E-state index contributed by atoms with van der Waals surface area (Å²) in [5.74, 6) is 0. The van der Waals surface area contributed by atoms with E-state index in [9.17, 15) is 0 Å². The molecule has 1 unspecified atom stereocenters. The Morgan fingerprint density at radius 2 is 2.15 bits per heavy atom. The van der Waals surface area contributed by atoms with E-state index in [1.807, 2.05) is 36.7 Å². The molecule has 2 rings (SSSR count). The van der Waals surface area contributed by atoms with E-state index in [0.29, 0.717) is 6.54 Å². The van der Waals surface area contributed by atoms with Crippen molar-refractivity contribution in [3.05, 3.63) is 64.4 Å². The number of hydrogen-bond acceptors (Lipinski definition) is 3. The van der Waals surface area contributed by atoms with E-state index >= 15 is 0 Å². The number of nitrogens with zero attached hydrogens (tertiary/aromatic N) is 2. The minimum Gasteiger partial charge on any atom is -0.329 e. The highest BCUT2D eigenvalue weighted by Gasteiger charge is 2.17. The van der Waals surface area contributed by atoms with Crippen LogP contribution in [0.4, 0.5) is 0 Å². The third-order valence-corrected chi connectivity index (χ3v) is 3.75. The van der Waals surface area contributed by atoms with Gasteiger partial charge in [0.15, 0.2) is 0 Å². The summed E-state index contributed by atoms with van der Waals surface area (Å²) in [4.78, 5) is 6.45. The molecule has 0 aliphatic carbocycles. The molecule has 0 amide bonds. The molecular weight excluding hydrogens is 270 g/mol. The lowest BCUT2D eigenvalue weighted by Gasteiger charge is -2.28. The van der Waals surface area contributed by atoms with Gasteiger partial charge in [-0.3, -0.25) is 9.88 Å². The topological polar surface area (TPSA) is 42.1 Å². The SMILES string of the molecule is Cc1ccncc1C(CN)N(C)Cc1cccc(Cl)c1. The van der Waals surface area contributed by atoms with Crippen molar-refractivity contribution in [2.75, 3.05) is 13.6 Å². The van der Waals surface area contributed by atoms with Crippen LogP contribution in [0.5, 0.6) is 0 Å². The van der Waals surface area contributed by atoms with Crippen molar-refractivity contribution >= 4 is 11.6 Å². The van der Waals surface area contributed by atoms with Gasteiger partial charge in [0, 0.05) is 36.5 Å². The molecule has 0 radical (unpaired) electrons. The highest BCUT2D eigenvalue weighted by Crippen LogP contribution is 2.23. The molecule has 106 valence electrons. The molecule has 20 heavy (non-hydrogen) atoms. The van der Waals surface area contributed by atoms with Crippen molar-refractivity contribution in [1.82, 2.24) is 9.88 Å². The number of halogens is 1. The van der Waals surface area contributed by atoms with E-state index in [4.69, 9.17) is 17.3 Å². The summed E-state index contributed by atoms with van der Waals surface area (Å²) in [7, 11) is 2.07. The smallest absolute Gasteiger partial charge is 0.0488 e. The fraction of sp³-hybridized carbons (Fsp3) is 0.312.